The molecular weight excluding hydrogens is 286 g/mol. The molecule has 19 heavy (non-hydrogen) atoms. The van der Waals surface area contributed by atoms with E-state index in [1.807, 2.05) is 13.8 Å². The van der Waals surface area contributed by atoms with E-state index in [2.05, 4.69) is 20.0 Å². The number of unbranched alkanes of at least 4 members (excludes halogenated alkanes) is 1. The molecule has 0 saturated carbocycles. The van der Waals surface area contributed by atoms with Crippen molar-refractivity contribution < 1.29 is 8.42 Å². The number of aromatic nitrogens is 4. The molecule has 2 rings (SSSR count). The Bertz CT molecular complexity index is 646. The summed E-state index contributed by atoms with van der Waals surface area (Å²) in [5, 5.41) is 13.0. The van der Waals surface area contributed by atoms with Crippen molar-refractivity contribution in [2.24, 2.45) is 0 Å². The van der Waals surface area contributed by atoms with Crippen LogP contribution in [0.2, 0.25) is 0 Å². The van der Waals surface area contributed by atoms with Gasteiger partial charge in [0.2, 0.25) is 15.0 Å². The Morgan fingerprint density at radius 2 is 2.16 bits per heavy atom. The number of hydrogen-bond acceptors (Lipinski definition) is 6. The number of nitrogens with one attached hydrogen (secondary N) is 1. The van der Waals surface area contributed by atoms with Gasteiger partial charge in [0.25, 0.3) is 0 Å². The van der Waals surface area contributed by atoms with E-state index in [-0.39, 0.29) is 5.75 Å². The van der Waals surface area contributed by atoms with Gasteiger partial charge >= 0.3 is 0 Å². The van der Waals surface area contributed by atoms with Gasteiger partial charge in [0, 0.05) is 13.0 Å². The maximum Gasteiger partial charge on any atom is 0.234 e. The van der Waals surface area contributed by atoms with E-state index in [0.717, 1.165) is 22.2 Å². The Labute approximate surface area is 116 Å². The first-order chi connectivity index (χ1) is 9.02. The largest absolute Gasteiger partial charge is 0.234 e. The molecule has 0 radical (unpaired) electrons. The minimum absolute atomic E-state index is 0.188. The third-order valence-electron chi connectivity index (χ3n) is 2.62. The van der Waals surface area contributed by atoms with Crippen molar-refractivity contribution in [3.8, 4) is 0 Å². The lowest BCUT2D eigenvalue weighted by atomic mass is 10.4. The van der Waals surface area contributed by atoms with Crippen molar-refractivity contribution >= 4 is 26.3 Å². The van der Waals surface area contributed by atoms with E-state index in [0.29, 0.717) is 19.4 Å². The molecule has 0 atom stereocenters. The van der Waals surface area contributed by atoms with Gasteiger partial charge in [-0.2, -0.15) is 9.61 Å². The normalized spacial score (nSPS) is 12.3. The molecule has 0 aliphatic heterocycles. The van der Waals surface area contributed by atoms with Crippen molar-refractivity contribution in [3.63, 3.8) is 0 Å². The molecule has 0 aromatic carbocycles. The third-order valence-corrected chi connectivity index (χ3v) is 5.04. The molecule has 7 nitrogen and oxygen atoms in total. The Balaban J connectivity index is 1.88. The summed E-state index contributed by atoms with van der Waals surface area (Å²) in [5.41, 5.74) is 0. The first-order valence-electron chi connectivity index (χ1n) is 6.17. The number of fused-ring (bicyclic) bond motifs is 1. The van der Waals surface area contributed by atoms with Crippen LogP contribution in [0.1, 0.15) is 30.6 Å². The van der Waals surface area contributed by atoms with Crippen LogP contribution in [-0.4, -0.2) is 40.5 Å². The van der Waals surface area contributed by atoms with Gasteiger partial charge in [-0.3, -0.25) is 0 Å². The van der Waals surface area contributed by atoms with Crippen LogP contribution in [0.15, 0.2) is 0 Å². The third kappa shape index (κ3) is 3.71. The zero-order valence-corrected chi connectivity index (χ0v) is 12.6. The standard InChI is InChI=1S/C10H17N5O2S2/c1-3-4-7-19(16,17)11-6-5-9-14-15-8(2)12-13-10(15)18-9/h11H,3-7H2,1-2H3. The highest BCUT2D eigenvalue weighted by Crippen LogP contribution is 2.13. The van der Waals surface area contributed by atoms with Crippen LogP contribution in [-0.2, 0) is 16.4 Å². The van der Waals surface area contributed by atoms with Crippen LogP contribution in [0.5, 0.6) is 0 Å². The predicted octanol–water partition coefficient (Wildman–Crippen LogP) is 0.756. The number of aryl methyl sites for hydroxylation is 1. The van der Waals surface area contributed by atoms with Crippen molar-refractivity contribution in [1.82, 2.24) is 24.5 Å². The van der Waals surface area contributed by atoms with Crippen LogP contribution in [0, 0.1) is 6.92 Å². The minimum Gasteiger partial charge on any atom is -0.215 e. The van der Waals surface area contributed by atoms with Crippen molar-refractivity contribution in [1.29, 1.82) is 0 Å². The van der Waals surface area contributed by atoms with Gasteiger partial charge in [-0.05, 0) is 13.3 Å². The van der Waals surface area contributed by atoms with Crippen LogP contribution in [0.3, 0.4) is 0 Å². The first-order valence-corrected chi connectivity index (χ1v) is 8.64. The summed E-state index contributed by atoms with van der Waals surface area (Å²) in [6.45, 7) is 4.17. The summed E-state index contributed by atoms with van der Waals surface area (Å²) in [6.07, 6.45) is 2.13. The van der Waals surface area contributed by atoms with Gasteiger partial charge in [0.1, 0.15) is 5.01 Å². The lowest BCUT2D eigenvalue weighted by Crippen LogP contribution is -2.28. The van der Waals surface area contributed by atoms with Gasteiger partial charge in [-0.25, -0.2) is 13.1 Å². The van der Waals surface area contributed by atoms with Gasteiger partial charge in [-0.15, -0.1) is 10.2 Å². The Morgan fingerprint density at radius 3 is 2.84 bits per heavy atom. The number of sulfonamides is 1. The molecule has 0 bridgehead atoms. The molecule has 1 N–H and O–H groups in total. The Morgan fingerprint density at radius 1 is 1.37 bits per heavy atom. The average Bonchev–Trinajstić information content (AvgIpc) is 2.89. The second kappa shape index (κ2) is 5.93. The van der Waals surface area contributed by atoms with E-state index in [1.165, 1.54) is 11.3 Å². The topological polar surface area (TPSA) is 89.2 Å². The highest BCUT2D eigenvalue weighted by molar-refractivity contribution is 7.89. The molecule has 0 saturated heterocycles. The van der Waals surface area contributed by atoms with Crippen molar-refractivity contribution in [3.05, 3.63) is 10.8 Å². The van der Waals surface area contributed by atoms with Crippen LogP contribution in [0.4, 0.5) is 0 Å². The zero-order valence-electron chi connectivity index (χ0n) is 11.0. The van der Waals surface area contributed by atoms with Gasteiger partial charge in [-0.1, -0.05) is 24.7 Å². The summed E-state index contributed by atoms with van der Waals surface area (Å²) < 4.78 is 27.5. The number of rotatable bonds is 7. The SMILES string of the molecule is CCCCS(=O)(=O)NCCc1nn2c(C)nnc2s1. The molecule has 2 aromatic heterocycles. The van der Waals surface area contributed by atoms with E-state index in [1.54, 1.807) is 4.52 Å². The second-order valence-corrected chi connectivity index (χ2v) is 7.22. The van der Waals surface area contributed by atoms with Crippen molar-refractivity contribution in [2.45, 2.75) is 33.1 Å². The molecule has 2 heterocycles. The monoisotopic (exact) mass is 303 g/mol. The molecule has 106 valence electrons. The van der Waals surface area contributed by atoms with Crippen LogP contribution < -0.4 is 4.72 Å². The van der Waals surface area contributed by atoms with Gasteiger partial charge in [0.15, 0.2) is 5.82 Å². The van der Waals surface area contributed by atoms with E-state index in [9.17, 15) is 8.42 Å². The second-order valence-electron chi connectivity index (χ2n) is 4.25. The van der Waals surface area contributed by atoms with Crippen LogP contribution >= 0.6 is 11.3 Å². The summed E-state index contributed by atoms with van der Waals surface area (Å²) in [6, 6.07) is 0. The van der Waals surface area contributed by atoms with Gasteiger partial charge in [0.05, 0.1) is 5.75 Å². The maximum absolute atomic E-state index is 11.6. The number of nitrogens with zero attached hydrogens (tertiary/aromatic N) is 4. The average molecular weight is 303 g/mol. The Kier molecular flexibility index (Phi) is 4.48. The summed E-state index contributed by atoms with van der Waals surface area (Å²) >= 11 is 1.43. The summed E-state index contributed by atoms with van der Waals surface area (Å²) in [7, 11) is -3.15. The Hall–Kier alpha value is -1.06. The molecular formula is C10H17N5O2S2. The highest BCUT2D eigenvalue weighted by atomic mass is 32.2. The summed E-state index contributed by atoms with van der Waals surface area (Å²) in [5.74, 6) is 0.925. The fourth-order valence-corrected chi connectivity index (χ4v) is 3.68. The highest BCUT2D eigenvalue weighted by Gasteiger charge is 2.11. The predicted molar refractivity (Wildman–Crippen MR) is 73.8 cm³/mol. The number of hydrogen-bond donors (Lipinski definition) is 1. The molecule has 0 amide bonds. The fraction of sp³-hybridized carbons (Fsp3) is 0.700. The summed E-state index contributed by atoms with van der Waals surface area (Å²) in [4.78, 5) is 0.737. The lowest BCUT2D eigenvalue weighted by Gasteiger charge is -2.04. The van der Waals surface area contributed by atoms with E-state index >= 15 is 0 Å². The smallest absolute Gasteiger partial charge is 0.215 e. The van der Waals surface area contributed by atoms with E-state index in [4.69, 9.17) is 0 Å². The molecule has 0 aliphatic carbocycles. The quantitative estimate of drug-likeness (QED) is 0.815. The lowest BCUT2D eigenvalue weighted by molar-refractivity contribution is 0.578. The van der Waals surface area contributed by atoms with Gasteiger partial charge < -0.3 is 0 Å². The minimum atomic E-state index is -3.15. The zero-order chi connectivity index (χ0) is 13.9. The van der Waals surface area contributed by atoms with Crippen LogP contribution in [0.25, 0.3) is 4.96 Å². The molecule has 2 aromatic rings. The molecule has 0 unspecified atom stereocenters. The molecule has 0 spiro atoms. The maximum atomic E-state index is 11.6. The molecule has 0 fully saturated rings. The molecule has 0 aliphatic rings. The first kappa shape index (κ1) is 14.4. The fourth-order valence-electron chi connectivity index (χ4n) is 1.58. The van der Waals surface area contributed by atoms with E-state index < -0.39 is 10.0 Å². The van der Waals surface area contributed by atoms with Crippen molar-refractivity contribution in [2.75, 3.05) is 12.3 Å². The molecule has 9 heteroatoms.